The van der Waals surface area contributed by atoms with Crippen molar-refractivity contribution in [3.05, 3.63) is 65.5 Å². The summed E-state index contributed by atoms with van der Waals surface area (Å²) in [4.78, 5) is 0. The van der Waals surface area contributed by atoms with Crippen molar-refractivity contribution in [1.29, 1.82) is 0 Å². The zero-order valence-electron chi connectivity index (χ0n) is 12.7. The van der Waals surface area contributed by atoms with Gasteiger partial charge >= 0.3 is 7.60 Å². The van der Waals surface area contributed by atoms with E-state index in [9.17, 15) is 8.96 Å². The maximum Gasteiger partial charge on any atom is 0.356 e. The molecule has 2 aromatic carbocycles. The highest BCUT2D eigenvalue weighted by molar-refractivity contribution is 7.54. The summed E-state index contributed by atoms with van der Waals surface area (Å²) in [6.07, 6.45) is 0. The Kier molecular flexibility index (Phi) is 5.35. The van der Waals surface area contributed by atoms with E-state index in [0.29, 0.717) is 5.69 Å². The van der Waals surface area contributed by atoms with Crippen LogP contribution in [0.15, 0.2) is 48.5 Å². The Morgan fingerprint density at radius 3 is 2.05 bits per heavy atom. The lowest BCUT2D eigenvalue weighted by molar-refractivity contribution is 0.268. The minimum Gasteiger partial charge on any atom is -0.368 e. The molecule has 1 unspecified atom stereocenters. The number of nitrogens with one attached hydrogen (secondary N) is 1. The average molecular weight is 323 g/mol. The molecule has 0 aliphatic heterocycles. The van der Waals surface area contributed by atoms with Gasteiger partial charge in [-0.15, -0.1) is 0 Å². The molecule has 0 bridgehead atoms. The predicted molar refractivity (Wildman–Crippen MR) is 85.6 cm³/mol. The van der Waals surface area contributed by atoms with Gasteiger partial charge in [-0.25, -0.2) is 4.39 Å². The largest absolute Gasteiger partial charge is 0.368 e. The summed E-state index contributed by atoms with van der Waals surface area (Å²) in [7, 11) is -0.720. The van der Waals surface area contributed by atoms with Crippen LogP contribution in [0, 0.1) is 12.7 Å². The monoisotopic (exact) mass is 323 g/mol. The molecule has 0 aromatic heterocycles. The van der Waals surface area contributed by atoms with E-state index in [1.807, 2.05) is 31.2 Å². The molecule has 22 heavy (non-hydrogen) atoms. The van der Waals surface area contributed by atoms with Crippen molar-refractivity contribution >= 4 is 13.3 Å². The molecule has 0 saturated carbocycles. The molecule has 6 heteroatoms. The van der Waals surface area contributed by atoms with Crippen molar-refractivity contribution in [3.8, 4) is 0 Å². The molecule has 1 atom stereocenters. The summed E-state index contributed by atoms with van der Waals surface area (Å²) in [5.74, 6) is -1.02. The van der Waals surface area contributed by atoms with E-state index in [1.165, 1.54) is 26.4 Å². The van der Waals surface area contributed by atoms with Gasteiger partial charge in [-0.3, -0.25) is 4.57 Å². The third kappa shape index (κ3) is 3.74. The first-order valence-corrected chi connectivity index (χ1v) is 8.39. The Morgan fingerprint density at radius 1 is 1.00 bits per heavy atom. The molecule has 118 valence electrons. The van der Waals surface area contributed by atoms with Crippen LogP contribution in [0.4, 0.5) is 10.1 Å². The van der Waals surface area contributed by atoms with Gasteiger partial charge in [-0.05, 0) is 36.8 Å². The first-order valence-electron chi connectivity index (χ1n) is 6.78. The Labute approximate surface area is 129 Å². The van der Waals surface area contributed by atoms with E-state index < -0.39 is 13.4 Å². The van der Waals surface area contributed by atoms with Gasteiger partial charge in [0.2, 0.25) is 0 Å². The minimum atomic E-state index is -3.41. The van der Waals surface area contributed by atoms with Crippen LogP contribution < -0.4 is 5.32 Å². The molecular formula is C16H19FNO3P. The Morgan fingerprint density at radius 2 is 1.55 bits per heavy atom. The molecule has 4 nitrogen and oxygen atoms in total. The lowest BCUT2D eigenvalue weighted by atomic mass is 10.1. The lowest BCUT2D eigenvalue weighted by Gasteiger charge is -2.26. The molecule has 0 spiro atoms. The zero-order valence-corrected chi connectivity index (χ0v) is 13.6. The van der Waals surface area contributed by atoms with Gasteiger partial charge < -0.3 is 14.4 Å². The molecule has 0 aliphatic carbocycles. The van der Waals surface area contributed by atoms with Crippen LogP contribution in [0.2, 0.25) is 0 Å². The third-order valence-electron chi connectivity index (χ3n) is 3.37. The Hall–Kier alpha value is -1.68. The quantitative estimate of drug-likeness (QED) is 0.781. The second-order valence-electron chi connectivity index (χ2n) is 4.87. The first kappa shape index (κ1) is 16.7. The van der Waals surface area contributed by atoms with Crippen LogP contribution in [-0.2, 0) is 13.6 Å². The van der Waals surface area contributed by atoms with E-state index in [0.717, 1.165) is 11.1 Å². The van der Waals surface area contributed by atoms with E-state index in [-0.39, 0.29) is 5.82 Å². The van der Waals surface area contributed by atoms with Gasteiger partial charge in [0.05, 0.1) is 0 Å². The normalized spacial score (nSPS) is 12.9. The van der Waals surface area contributed by atoms with E-state index in [2.05, 4.69) is 5.32 Å². The smallest absolute Gasteiger partial charge is 0.356 e. The fraction of sp³-hybridized carbons (Fsp3) is 0.250. The van der Waals surface area contributed by atoms with Crippen molar-refractivity contribution in [3.63, 3.8) is 0 Å². The van der Waals surface area contributed by atoms with Crippen LogP contribution in [-0.4, -0.2) is 14.2 Å². The standard InChI is InChI=1S/C16H19FNO3P/c1-12-4-6-13(7-5-12)16(22(19,20-2)21-3)18-15-10-8-14(17)9-11-15/h4-11,16,18H,1-3H3. The van der Waals surface area contributed by atoms with Gasteiger partial charge in [-0.1, -0.05) is 29.8 Å². The van der Waals surface area contributed by atoms with Crippen molar-refractivity contribution < 1.29 is 18.0 Å². The summed E-state index contributed by atoms with van der Waals surface area (Å²) in [5.41, 5.74) is 2.48. The molecule has 0 saturated heterocycles. The maximum atomic E-state index is 13.0. The highest BCUT2D eigenvalue weighted by Crippen LogP contribution is 2.59. The first-order chi connectivity index (χ1) is 10.5. The summed E-state index contributed by atoms with van der Waals surface area (Å²) in [6, 6.07) is 13.4. The average Bonchev–Trinajstić information content (AvgIpc) is 2.54. The summed E-state index contributed by atoms with van der Waals surface area (Å²) >= 11 is 0. The number of halogens is 1. The minimum absolute atomic E-state index is 0.334. The highest BCUT2D eigenvalue weighted by Gasteiger charge is 2.35. The number of benzene rings is 2. The van der Waals surface area contributed by atoms with Gasteiger partial charge in [0.1, 0.15) is 5.82 Å². The second-order valence-corrected chi connectivity index (χ2v) is 7.20. The Balaban J connectivity index is 2.39. The van der Waals surface area contributed by atoms with E-state index >= 15 is 0 Å². The third-order valence-corrected chi connectivity index (χ3v) is 5.44. The van der Waals surface area contributed by atoms with E-state index in [4.69, 9.17) is 9.05 Å². The Bertz CT molecular complexity index is 650. The molecule has 2 rings (SSSR count). The molecule has 0 aliphatic rings. The fourth-order valence-electron chi connectivity index (χ4n) is 2.08. The SMILES string of the molecule is COP(=O)(OC)C(Nc1ccc(F)cc1)c1ccc(C)cc1. The van der Waals surface area contributed by atoms with Gasteiger partial charge in [-0.2, -0.15) is 0 Å². The number of hydrogen-bond acceptors (Lipinski definition) is 4. The van der Waals surface area contributed by atoms with Gasteiger partial charge in [0.15, 0.2) is 5.78 Å². The van der Waals surface area contributed by atoms with Crippen LogP contribution in [0.3, 0.4) is 0 Å². The molecule has 0 fully saturated rings. The fourth-order valence-corrected chi connectivity index (χ4v) is 3.50. The zero-order chi connectivity index (χ0) is 16.2. The van der Waals surface area contributed by atoms with E-state index in [1.54, 1.807) is 12.1 Å². The number of aryl methyl sites for hydroxylation is 1. The molecular weight excluding hydrogens is 304 g/mol. The van der Waals surface area contributed by atoms with Crippen molar-refractivity contribution in [2.24, 2.45) is 0 Å². The van der Waals surface area contributed by atoms with Crippen molar-refractivity contribution in [2.75, 3.05) is 19.5 Å². The van der Waals surface area contributed by atoms with Gasteiger partial charge in [0, 0.05) is 19.9 Å². The summed E-state index contributed by atoms with van der Waals surface area (Å²) in [5, 5.41) is 3.10. The molecule has 0 amide bonds. The topological polar surface area (TPSA) is 47.6 Å². The predicted octanol–water partition coefficient (Wildman–Crippen LogP) is 4.73. The number of hydrogen-bond donors (Lipinski definition) is 1. The molecule has 0 radical (unpaired) electrons. The summed E-state index contributed by atoms with van der Waals surface area (Å²) < 4.78 is 36.1. The van der Waals surface area contributed by atoms with Crippen LogP contribution in [0.25, 0.3) is 0 Å². The molecule has 1 N–H and O–H groups in total. The second kappa shape index (κ2) is 7.05. The van der Waals surface area contributed by atoms with Crippen LogP contribution in [0.5, 0.6) is 0 Å². The van der Waals surface area contributed by atoms with Crippen LogP contribution >= 0.6 is 7.60 Å². The van der Waals surface area contributed by atoms with Gasteiger partial charge in [0.25, 0.3) is 0 Å². The molecule has 2 aromatic rings. The van der Waals surface area contributed by atoms with Crippen molar-refractivity contribution in [2.45, 2.75) is 12.7 Å². The number of rotatable bonds is 6. The highest BCUT2D eigenvalue weighted by atomic mass is 31.2. The maximum absolute atomic E-state index is 13.0. The lowest BCUT2D eigenvalue weighted by Crippen LogP contribution is -2.13. The number of anilines is 1. The summed E-state index contributed by atoms with van der Waals surface area (Å²) in [6.45, 7) is 1.97. The van der Waals surface area contributed by atoms with Crippen molar-refractivity contribution in [1.82, 2.24) is 0 Å². The molecule has 0 heterocycles. The van der Waals surface area contributed by atoms with Crippen LogP contribution in [0.1, 0.15) is 16.9 Å².